The molecule has 112 valence electrons. The van der Waals surface area contributed by atoms with Crippen LogP contribution < -0.4 is 5.32 Å². The molecule has 1 saturated carbocycles. The van der Waals surface area contributed by atoms with Crippen molar-refractivity contribution in [1.82, 2.24) is 5.32 Å². The number of benzene rings is 1. The van der Waals surface area contributed by atoms with E-state index in [1.807, 2.05) is 18.2 Å². The van der Waals surface area contributed by atoms with Crippen LogP contribution in [0.25, 0.3) is 0 Å². The third kappa shape index (κ3) is 3.16. The molecular weight excluding hydrogens is 289 g/mol. The Morgan fingerprint density at radius 1 is 1.30 bits per heavy atom. The Bertz CT molecular complexity index is 438. The Kier molecular flexibility index (Phi) is 5.39. The zero-order chi connectivity index (χ0) is 14.8. The lowest BCUT2D eigenvalue weighted by atomic mass is 9.72. The molecule has 3 heteroatoms. The van der Waals surface area contributed by atoms with Gasteiger partial charge in [-0.25, -0.2) is 0 Å². The second-order valence-electron chi connectivity index (χ2n) is 6.57. The molecule has 1 nitrogen and oxygen atoms in total. The van der Waals surface area contributed by atoms with Gasteiger partial charge >= 0.3 is 0 Å². The van der Waals surface area contributed by atoms with Gasteiger partial charge < -0.3 is 5.32 Å². The highest BCUT2D eigenvalue weighted by molar-refractivity contribution is 6.36. The molecule has 2 atom stereocenters. The maximum atomic E-state index is 6.49. The molecule has 1 aromatic rings. The van der Waals surface area contributed by atoms with Gasteiger partial charge in [-0.2, -0.15) is 0 Å². The van der Waals surface area contributed by atoms with Gasteiger partial charge in [0.1, 0.15) is 0 Å². The van der Waals surface area contributed by atoms with Crippen molar-refractivity contribution in [2.75, 3.05) is 13.1 Å². The summed E-state index contributed by atoms with van der Waals surface area (Å²) in [6, 6.07) is 5.87. The summed E-state index contributed by atoms with van der Waals surface area (Å²) in [5.41, 5.74) is 1.24. The molecule has 2 unspecified atom stereocenters. The van der Waals surface area contributed by atoms with Gasteiger partial charge in [0.2, 0.25) is 0 Å². The third-order valence-electron chi connectivity index (χ3n) is 4.66. The monoisotopic (exact) mass is 313 g/mol. The quantitative estimate of drug-likeness (QED) is 0.778. The maximum absolute atomic E-state index is 6.49. The summed E-state index contributed by atoms with van der Waals surface area (Å²) >= 11 is 13.0. The van der Waals surface area contributed by atoms with Crippen LogP contribution in [0.5, 0.6) is 0 Å². The molecule has 0 amide bonds. The van der Waals surface area contributed by atoms with E-state index in [0.29, 0.717) is 11.8 Å². The summed E-state index contributed by atoms with van der Waals surface area (Å²) in [7, 11) is 0. The smallest absolute Gasteiger partial charge is 0.0459 e. The molecule has 1 aliphatic rings. The van der Waals surface area contributed by atoms with E-state index in [0.717, 1.165) is 28.7 Å². The molecular formula is C17H25Cl2N. The van der Waals surface area contributed by atoms with Gasteiger partial charge in [0.25, 0.3) is 0 Å². The summed E-state index contributed by atoms with van der Waals surface area (Å²) in [5.74, 6) is 1.27. The fourth-order valence-corrected chi connectivity index (χ4v) is 4.30. The molecule has 0 radical (unpaired) electrons. The van der Waals surface area contributed by atoms with E-state index in [1.54, 1.807) is 0 Å². The SMILES string of the molecule is CC(C)CNCC1(c2c(Cl)cccc2Cl)CCCC1C. The van der Waals surface area contributed by atoms with Crippen molar-refractivity contribution >= 4 is 23.2 Å². The summed E-state index contributed by atoms with van der Waals surface area (Å²) in [4.78, 5) is 0. The van der Waals surface area contributed by atoms with Crippen LogP contribution in [0.15, 0.2) is 18.2 Å². The molecule has 0 saturated heterocycles. The average Bonchev–Trinajstić information content (AvgIpc) is 2.71. The van der Waals surface area contributed by atoms with Gasteiger partial charge in [0.15, 0.2) is 0 Å². The van der Waals surface area contributed by atoms with Gasteiger partial charge in [0, 0.05) is 22.0 Å². The zero-order valence-electron chi connectivity index (χ0n) is 12.7. The van der Waals surface area contributed by atoms with Crippen molar-refractivity contribution in [3.63, 3.8) is 0 Å². The molecule has 20 heavy (non-hydrogen) atoms. The topological polar surface area (TPSA) is 12.0 Å². The number of nitrogens with one attached hydrogen (secondary N) is 1. The molecule has 0 heterocycles. The second-order valence-corrected chi connectivity index (χ2v) is 7.39. The predicted molar refractivity (Wildman–Crippen MR) is 88.9 cm³/mol. The van der Waals surface area contributed by atoms with Crippen molar-refractivity contribution < 1.29 is 0 Å². The zero-order valence-corrected chi connectivity index (χ0v) is 14.2. The lowest BCUT2D eigenvalue weighted by molar-refractivity contribution is 0.312. The van der Waals surface area contributed by atoms with Crippen molar-refractivity contribution in [2.24, 2.45) is 11.8 Å². The van der Waals surface area contributed by atoms with Crippen LogP contribution in [0, 0.1) is 11.8 Å². The minimum absolute atomic E-state index is 0.0876. The highest BCUT2D eigenvalue weighted by Gasteiger charge is 2.43. The van der Waals surface area contributed by atoms with Gasteiger partial charge in [0.05, 0.1) is 0 Å². The van der Waals surface area contributed by atoms with Crippen LogP contribution in [0.2, 0.25) is 10.0 Å². The van der Waals surface area contributed by atoms with Crippen molar-refractivity contribution in [3.8, 4) is 0 Å². The molecule has 2 rings (SSSR count). The fourth-order valence-electron chi connectivity index (χ4n) is 3.53. The first-order valence-electron chi connectivity index (χ1n) is 7.62. The van der Waals surface area contributed by atoms with E-state index in [1.165, 1.54) is 19.3 Å². The Hall–Kier alpha value is -0.240. The van der Waals surface area contributed by atoms with Crippen LogP contribution in [0.4, 0.5) is 0 Å². The average molecular weight is 314 g/mol. The first kappa shape index (κ1) is 16.1. The van der Waals surface area contributed by atoms with E-state index in [4.69, 9.17) is 23.2 Å². The van der Waals surface area contributed by atoms with Crippen molar-refractivity contribution in [2.45, 2.75) is 45.4 Å². The Balaban J connectivity index is 2.32. The Morgan fingerprint density at radius 2 is 1.95 bits per heavy atom. The normalized spacial score (nSPS) is 26.4. The highest BCUT2D eigenvalue weighted by Crippen LogP contribution is 2.49. The molecule has 1 aliphatic carbocycles. The van der Waals surface area contributed by atoms with E-state index >= 15 is 0 Å². The molecule has 0 aliphatic heterocycles. The summed E-state index contributed by atoms with van der Waals surface area (Å²) in [6.45, 7) is 8.82. The summed E-state index contributed by atoms with van der Waals surface area (Å²) in [6.07, 6.45) is 3.68. The van der Waals surface area contributed by atoms with Crippen LogP contribution >= 0.6 is 23.2 Å². The van der Waals surface area contributed by atoms with Crippen molar-refractivity contribution in [1.29, 1.82) is 0 Å². The lowest BCUT2D eigenvalue weighted by Gasteiger charge is -2.36. The number of rotatable bonds is 5. The van der Waals surface area contributed by atoms with Crippen LogP contribution in [-0.2, 0) is 5.41 Å². The maximum Gasteiger partial charge on any atom is 0.0459 e. The summed E-state index contributed by atoms with van der Waals surface area (Å²) < 4.78 is 0. The lowest BCUT2D eigenvalue weighted by Crippen LogP contribution is -2.42. The minimum atomic E-state index is 0.0876. The predicted octanol–water partition coefficient (Wildman–Crippen LogP) is 5.30. The van der Waals surface area contributed by atoms with E-state index < -0.39 is 0 Å². The Morgan fingerprint density at radius 3 is 2.45 bits per heavy atom. The second kappa shape index (κ2) is 6.68. The van der Waals surface area contributed by atoms with E-state index in [2.05, 4.69) is 26.1 Å². The number of hydrogen-bond acceptors (Lipinski definition) is 1. The highest BCUT2D eigenvalue weighted by atomic mass is 35.5. The minimum Gasteiger partial charge on any atom is -0.316 e. The van der Waals surface area contributed by atoms with E-state index in [-0.39, 0.29) is 5.41 Å². The third-order valence-corrected chi connectivity index (χ3v) is 5.29. The van der Waals surface area contributed by atoms with Gasteiger partial charge in [-0.05, 0) is 48.9 Å². The molecule has 1 N–H and O–H groups in total. The van der Waals surface area contributed by atoms with Crippen LogP contribution in [-0.4, -0.2) is 13.1 Å². The van der Waals surface area contributed by atoms with Gasteiger partial charge in [-0.3, -0.25) is 0 Å². The molecule has 0 aromatic heterocycles. The number of hydrogen-bond donors (Lipinski definition) is 1. The first-order valence-corrected chi connectivity index (χ1v) is 8.38. The van der Waals surface area contributed by atoms with Gasteiger partial charge in [-0.15, -0.1) is 0 Å². The molecule has 1 fully saturated rings. The molecule has 1 aromatic carbocycles. The van der Waals surface area contributed by atoms with E-state index in [9.17, 15) is 0 Å². The largest absolute Gasteiger partial charge is 0.316 e. The van der Waals surface area contributed by atoms with Crippen LogP contribution in [0.1, 0.15) is 45.6 Å². The number of halogens is 2. The fraction of sp³-hybridized carbons (Fsp3) is 0.647. The summed E-state index contributed by atoms with van der Waals surface area (Å²) in [5, 5.41) is 5.27. The molecule has 0 bridgehead atoms. The Labute approximate surface area is 133 Å². The standard InChI is InChI=1S/C17H25Cl2N/c1-12(2)10-20-11-17(9-5-6-13(17)3)16-14(18)7-4-8-15(16)19/h4,7-8,12-13,20H,5-6,9-11H2,1-3H3. The van der Waals surface area contributed by atoms with Gasteiger partial charge in [-0.1, -0.05) is 56.5 Å². The molecule has 0 spiro atoms. The van der Waals surface area contributed by atoms with Crippen LogP contribution in [0.3, 0.4) is 0 Å². The first-order chi connectivity index (χ1) is 9.47. The van der Waals surface area contributed by atoms with Crippen molar-refractivity contribution in [3.05, 3.63) is 33.8 Å².